The van der Waals surface area contributed by atoms with Gasteiger partial charge in [-0.2, -0.15) is 0 Å². The highest BCUT2D eigenvalue weighted by molar-refractivity contribution is 6.03. The molecule has 0 aliphatic carbocycles. The molecule has 32 heavy (non-hydrogen) atoms. The number of para-hydroxylation sites is 1. The second-order valence-electron chi connectivity index (χ2n) is 7.46. The minimum absolute atomic E-state index is 0.00693. The highest BCUT2D eigenvalue weighted by Crippen LogP contribution is 2.19. The summed E-state index contributed by atoms with van der Waals surface area (Å²) in [5.41, 5.74) is 7.73. The third kappa shape index (κ3) is 6.53. The van der Waals surface area contributed by atoms with Crippen LogP contribution in [-0.4, -0.2) is 68.6 Å². The zero-order valence-electron chi connectivity index (χ0n) is 18.2. The number of amides is 3. The van der Waals surface area contributed by atoms with Crippen LogP contribution in [0.3, 0.4) is 0 Å². The van der Waals surface area contributed by atoms with Crippen LogP contribution in [0.4, 0.5) is 17.1 Å². The zero-order valence-corrected chi connectivity index (χ0v) is 18.2. The summed E-state index contributed by atoms with van der Waals surface area (Å²) in [4.78, 5) is 40.4. The Kier molecular flexibility index (Phi) is 8.18. The topological polar surface area (TPSA) is 117 Å². The highest BCUT2D eigenvalue weighted by atomic mass is 16.5. The van der Waals surface area contributed by atoms with Gasteiger partial charge in [-0.1, -0.05) is 19.1 Å². The molecule has 3 rings (SSSR count). The number of nitrogens with two attached hydrogens (primary N) is 1. The second kappa shape index (κ2) is 11.3. The molecule has 9 heteroatoms. The second-order valence-corrected chi connectivity index (χ2v) is 7.46. The molecule has 1 fully saturated rings. The van der Waals surface area contributed by atoms with E-state index in [0.717, 1.165) is 18.8 Å². The molecular weight excluding hydrogens is 410 g/mol. The lowest BCUT2D eigenvalue weighted by Gasteiger charge is -2.29. The van der Waals surface area contributed by atoms with E-state index in [1.54, 1.807) is 29.2 Å². The van der Waals surface area contributed by atoms with Crippen molar-refractivity contribution in [3.8, 4) is 0 Å². The molecule has 0 unspecified atom stereocenters. The van der Waals surface area contributed by atoms with Crippen molar-refractivity contribution >= 4 is 34.8 Å². The monoisotopic (exact) mass is 439 g/mol. The predicted molar refractivity (Wildman–Crippen MR) is 124 cm³/mol. The first-order valence-electron chi connectivity index (χ1n) is 10.6. The van der Waals surface area contributed by atoms with Gasteiger partial charge in [0.2, 0.25) is 11.8 Å². The van der Waals surface area contributed by atoms with E-state index in [1.165, 1.54) is 0 Å². The van der Waals surface area contributed by atoms with Gasteiger partial charge in [-0.15, -0.1) is 0 Å². The van der Waals surface area contributed by atoms with Crippen LogP contribution < -0.4 is 21.3 Å². The lowest BCUT2D eigenvalue weighted by atomic mass is 10.1. The molecule has 0 atom stereocenters. The third-order valence-corrected chi connectivity index (χ3v) is 5.18. The predicted octanol–water partition coefficient (Wildman–Crippen LogP) is 1.52. The number of carbonyl (C=O) groups excluding carboxylic acids is 3. The standard InChI is InChI=1S/C23H29N5O4/c1-2-27(16-22(30)26-20-6-4-3-5-19(20)23(24)31)15-21(29)25-17-7-9-18(10-8-17)28-11-13-32-14-12-28/h3-10H,2,11-16H2,1H3,(H2,24,31)(H,25,29)(H,26,30). The summed E-state index contributed by atoms with van der Waals surface area (Å²) in [7, 11) is 0. The highest BCUT2D eigenvalue weighted by Gasteiger charge is 2.16. The molecule has 1 aliphatic rings. The van der Waals surface area contributed by atoms with Crippen LogP contribution in [0, 0.1) is 0 Å². The van der Waals surface area contributed by atoms with Crippen molar-refractivity contribution in [1.82, 2.24) is 4.90 Å². The van der Waals surface area contributed by atoms with E-state index in [1.807, 2.05) is 31.2 Å². The van der Waals surface area contributed by atoms with Crippen LogP contribution in [0.1, 0.15) is 17.3 Å². The molecule has 0 saturated carbocycles. The minimum atomic E-state index is -0.618. The average Bonchev–Trinajstić information content (AvgIpc) is 2.80. The molecule has 3 amide bonds. The molecule has 1 aliphatic heterocycles. The van der Waals surface area contributed by atoms with E-state index in [0.29, 0.717) is 31.1 Å². The average molecular weight is 440 g/mol. The quantitative estimate of drug-likeness (QED) is 0.545. The van der Waals surface area contributed by atoms with Gasteiger partial charge in [-0.25, -0.2) is 0 Å². The number of rotatable bonds is 9. The van der Waals surface area contributed by atoms with Gasteiger partial charge in [-0.3, -0.25) is 19.3 Å². The number of anilines is 3. The molecule has 0 bridgehead atoms. The Hall–Kier alpha value is -3.43. The van der Waals surface area contributed by atoms with Crippen LogP contribution in [0.2, 0.25) is 0 Å². The summed E-state index contributed by atoms with van der Waals surface area (Å²) in [6.07, 6.45) is 0. The van der Waals surface area contributed by atoms with E-state index < -0.39 is 5.91 Å². The van der Waals surface area contributed by atoms with Gasteiger partial charge in [0.1, 0.15) is 0 Å². The smallest absolute Gasteiger partial charge is 0.250 e. The molecule has 9 nitrogen and oxygen atoms in total. The molecule has 2 aromatic carbocycles. The van der Waals surface area contributed by atoms with Crippen LogP contribution in [0.5, 0.6) is 0 Å². The molecular formula is C23H29N5O4. The molecule has 0 radical (unpaired) electrons. The fraction of sp³-hybridized carbons (Fsp3) is 0.348. The van der Waals surface area contributed by atoms with Gasteiger partial charge in [0, 0.05) is 24.5 Å². The van der Waals surface area contributed by atoms with E-state index in [9.17, 15) is 14.4 Å². The van der Waals surface area contributed by atoms with Crippen molar-refractivity contribution in [3.05, 3.63) is 54.1 Å². The Balaban J connectivity index is 1.51. The van der Waals surface area contributed by atoms with Gasteiger partial charge >= 0.3 is 0 Å². The van der Waals surface area contributed by atoms with Crippen LogP contribution in [0.15, 0.2) is 48.5 Å². The van der Waals surface area contributed by atoms with Gasteiger partial charge in [0.25, 0.3) is 5.91 Å². The van der Waals surface area contributed by atoms with Crippen molar-refractivity contribution in [2.24, 2.45) is 5.73 Å². The van der Waals surface area contributed by atoms with Gasteiger partial charge in [0.05, 0.1) is 37.6 Å². The molecule has 0 spiro atoms. The SMILES string of the molecule is CCN(CC(=O)Nc1ccc(N2CCOCC2)cc1)CC(=O)Nc1ccccc1C(N)=O. The number of hydrogen-bond acceptors (Lipinski definition) is 6. The number of nitrogens with one attached hydrogen (secondary N) is 2. The lowest BCUT2D eigenvalue weighted by Crippen LogP contribution is -2.39. The van der Waals surface area contributed by atoms with E-state index in [-0.39, 0.29) is 30.5 Å². The van der Waals surface area contributed by atoms with Crippen LogP contribution in [-0.2, 0) is 14.3 Å². The Morgan fingerprint density at radius 2 is 1.59 bits per heavy atom. The van der Waals surface area contributed by atoms with Crippen molar-refractivity contribution in [2.75, 3.05) is 61.5 Å². The molecule has 1 heterocycles. The van der Waals surface area contributed by atoms with Crippen molar-refractivity contribution in [2.45, 2.75) is 6.92 Å². The van der Waals surface area contributed by atoms with Crippen molar-refractivity contribution < 1.29 is 19.1 Å². The fourth-order valence-corrected chi connectivity index (χ4v) is 3.46. The fourth-order valence-electron chi connectivity index (χ4n) is 3.46. The normalized spacial score (nSPS) is 13.6. The van der Waals surface area contributed by atoms with E-state index >= 15 is 0 Å². The summed E-state index contributed by atoms with van der Waals surface area (Å²) in [5.74, 6) is -1.16. The number of ether oxygens (including phenoxy) is 1. The summed E-state index contributed by atoms with van der Waals surface area (Å²) in [6.45, 7) is 5.58. The Morgan fingerprint density at radius 3 is 2.22 bits per heavy atom. The number of primary amides is 1. The number of benzene rings is 2. The summed E-state index contributed by atoms with van der Waals surface area (Å²) in [6, 6.07) is 14.2. The Morgan fingerprint density at radius 1 is 0.969 bits per heavy atom. The number of carbonyl (C=O) groups is 3. The maximum Gasteiger partial charge on any atom is 0.250 e. The Bertz CT molecular complexity index is 942. The van der Waals surface area contributed by atoms with E-state index in [2.05, 4.69) is 15.5 Å². The maximum atomic E-state index is 12.5. The van der Waals surface area contributed by atoms with Gasteiger partial charge in [-0.05, 0) is 42.9 Å². The Labute approximate surface area is 187 Å². The van der Waals surface area contributed by atoms with Crippen molar-refractivity contribution in [3.63, 3.8) is 0 Å². The summed E-state index contributed by atoms with van der Waals surface area (Å²) >= 11 is 0. The number of nitrogens with zero attached hydrogens (tertiary/aromatic N) is 2. The minimum Gasteiger partial charge on any atom is -0.378 e. The first-order valence-corrected chi connectivity index (χ1v) is 10.6. The van der Waals surface area contributed by atoms with Crippen LogP contribution >= 0.6 is 0 Å². The van der Waals surface area contributed by atoms with Crippen molar-refractivity contribution in [1.29, 1.82) is 0 Å². The molecule has 4 N–H and O–H groups in total. The molecule has 1 saturated heterocycles. The molecule has 0 aromatic heterocycles. The summed E-state index contributed by atoms with van der Waals surface area (Å²) < 4.78 is 5.37. The number of morpholine rings is 1. The van der Waals surface area contributed by atoms with Gasteiger partial charge in [0.15, 0.2) is 0 Å². The third-order valence-electron chi connectivity index (χ3n) is 5.18. The number of hydrogen-bond donors (Lipinski definition) is 3. The summed E-state index contributed by atoms with van der Waals surface area (Å²) in [5, 5.41) is 5.56. The maximum absolute atomic E-state index is 12.5. The molecule has 170 valence electrons. The largest absolute Gasteiger partial charge is 0.378 e. The van der Waals surface area contributed by atoms with Gasteiger partial charge < -0.3 is 26.0 Å². The number of likely N-dealkylation sites (N-methyl/N-ethyl adjacent to an activating group) is 1. The van der Waals surface area contributed by atoms with Crippen LogP contribution in [0.25, 0.3) is 0 Å². The van der Waals surface area contributed by atoms with E-state index in [4.69, 9.17) is 10.5 Å². The lowest BCUT2D eigenvalue weighted by molar-refractivity contribution is -0.119. The first-order chi connectivity index (χ1) is 15.5. The molecule has 2 aromatic rings. The first kappa shape index (κ1) is 23.2. The zero-order chi connectivity index (χ0) is 22.9.